The molecule has 7 heteroatoms. The van der Waals surface area contributed by atoms with Gasteiger partial charge in [-0.3, -0.25) is 4.79 Å². The molecule has 1 amide bonds. The maximum absolute atomic E-state index is 12.7. The summed E-state index contributed by atoms with van der Waals surface area (Å²) in [7, 11) is 0. The highest BCUT2D eigenvalue weighted by Crippen LogP contribution is 2.32. The summed E-state index contributed by atoms with van der Waals surface area (Å²) in [4.78, 5) is 25.9. The van der Waals surface area contributed by atoms with Crippen molar-refractivity contribution in [2.45, 2.75) is 17.2 Å². The van der Waals surface area contributed by atoms with E-state index in [9.17, 15) is 9.59 Å². The van der Waals surface area contributed by atoms with Crippen LogP contribution in [0.4, 0.5) is 0 Å². The molecule has 3 aromatic carbocycles. The van der Waals surface area contributed by atoms with E-state index in [1.165, 1.54) is 0 Å². The number of furan rings is 1. The fraction of sp³-hybridized carbons (Fsp3) is 0.120. The fourth-order valence-electron chi connectivity index (χ4n) is 3.14. The van der Waals surface area contributed by atoms with Gasteiger partial charge in [0.1, 0.15) is 5.58 Å². The highest BCUT2D eigenvalue weighted by Gasteiger charge is 2.22. The minimum atomic E-state index is -0.664. The number of hydrogen-bond donors (Lipinski definition) is 1. The Morgan fingerprint density at radius 1 is 0.938 bits per heavy atom. The molecule has 1 N–H and O–H groups in total. The van der Waals surface area contributed by atoms with Gasteiger partial charge >= 0.3 is 5.97 Å². The number of ether oxygens (including phenoxy) is 1. The first-order valence-electron chi connectivity index (χ1n) is 9.96. The lowest BCUT2D eigenvalue weighted by Crippen LogP contribution is -2.28. The van der Waals surface area contributed by atoms with Crippen LogP contribution >= 0.6 is 23.4 Å². The number of thioether (sulfide) groups is 1. The number of para-hydroxylation sites is 1. The minimum Gasteiger partial charge on any atom is -0.450 e. The van der Waals surface area contributed by atoms with Crippen LogP contribution in [0.2, 0.25) is 5.02 Å². The molecule has 5 nitrogen and oxygen atoms in total. The summed E-state index contributed by atoms with van der Waals surface area (Å²) >= 11 is 7.51. The Morgan fingerprint density at radius 3 is 2.44 bits per heavy atom. The second-order valence-corrected chi connectivity index (χ2v) is 8.47. The number of carbonyl (C=O) groups excluding carboxylic acids is 2. The number of benzene rings is 3. The number of esters is 1. The fourth-order valence-corrected chi connectivity index (χ4v) is 4.19. The highest BCUT2D eigenvalue weighted by atomic mass is 35.5. The summed E-state index contributed by atoms with van der Waals surface area (Å²) in [6.07, 6.45) is 0. The summed E-state index contributed by atoms with van der Waals surface area (Å²) < 4.78 is 11.0. The number of carbonyl (C=O) groups is 2. The van der Waals surface area contributed by atoms with Gasteiger partial charge in [-0.25, -0.2) is 4.79 Å². The monoisotopic (exact) mass is 465 g/mol. The van der Waals surface area contributed by atoms with Crippen molar-refractivity contribution in [2.75, 3.05) is 6.61 Å². The van der Waals surface area contributed by atoms with Crippen LogP contribution in [-0.2, 0) is 21.8 Å². The molecule has 32 heavy (non-hydrogen) atoms. The summed E-state index contributed by atoms with van der Waals surface area (Å²) in [6, 6.07) is 24.4. The van der Waals surface area contributed by atoms with Crippen molar-refractivity contribution in [2.24, 2.45) is 0 Å². The smallest absolute Gasteiger partial charge is 0.375 e. The molecule has 0 saturated carbocycles. The minimum absolute atomic E-state index is 0.114. The van der Waals surface area contributed by atoms with E-state index in [1.54, 1.807) is 17.8 Å². The Bertz CT molecular complexity index is 1220. The molecular weight excluding hydrogens is 446 g/mol. The maximum atomic E-state index is 12.7. The standard InChI is InChI=1S/C25H20ClNO4S/c26-18-10-12-19(13-11-18)32-16-21-20-8-4-5-9-22(20)31-24(21)25(29)30-15-23(28)27-14-17-6-2-1-3-7-17/h1-13H,14-16H2,(H,27,28). The van der Waals surface area contributed by atoms with Gasteiger partial charge < -0.3 is 14.5 Å². The van der Waals surface area contributed by atoms with Crippen molar-refractivity contribution in [3.63, 3.8) is 0 Å². The Hall–Kier alpha value is -3.22. The van der Waals surface area contributed by atoms with Crippen LogP contribution in [0.25, 0.3) is 11.0 Å². The molecule has 0 aliphatic rings. The second kappa shape index (κ2) is 10.4. The predicted molar refractivity (Wildman–Crippen MR) is 126 cm³/mol. The molecule has 4 aromatic rings. The van der Waals surface area contributed by atoms with E-state index in [4.69, 9.17) is 20.8 Å². The van der Waals surface area contributed by atoms with Gasteiger partial charge in [0.05, 0.1) is 0 Å². The summed E-state index contributed by atoms with van der Waals surface area (Å²) in [5, 5.41) is 4.24. The first-order chi connectivity index (χ1) is 15.6. The van der Waals surface area contributed by atoms with E-state index in [1.807, 2.05) is 72.8 Å². The lowest BCUT2D eigenvalue weighted by atomic mass is 10.1. The van der Waals surface area contributed by atoms with Crippen molar-refractivity contribution in [1.29, 1.82) is 0 Å². The van der Waals surface area contributed by atoms with Gasteiger partial charge in [-0.05, 0) is 35.9 Å². The van der Waals surface area contributed by atoms with Crippen molar-refractivity contribution >= 4 is 46.2 Å². The average Bonchev–Trinajstić information content (AvgIpc) is 3.20. The van der Waals surface area contributed by atoms with Gasteiger partial charge in [0.25, 0.3) is 5.91 Å². The Balaban J connectivity index is 1.42. The molecule has 0 aliphatic carbocycles. The van der Waals surface area contributed by atoms with E-state index in [-0.39, 0.29) is 18.3 Å². The van der Waals surface area contributed by atoms with Crippen molar-refractivity contribution < 1.29 is 18.7 Å². The summed E-state index contributed by atoms with van der Waals surface area (Å²) in [6.45, 7) is -0.0165. The molecule has 0 bridgehead atoms. The van der Waals surface area contributed by atoms with Gasteiger partial charge in [-0.1, -0.05) is 60.1 Å². The van der Waals surface area contributed by atoms with Crippen LogP contribution in [0.15, 0.2) is 88.2 Å². The molecule has 0 aliphatic heterocycles. The number of halogens is 1. The molecule has 162 valence electrons. The first-order valence-corrected chi connectivity index (χ1v) is 11.3. The zero-order chi connectivity index (χ0) is 22.3. The Morgan fingerprint density at radius 2 is 1.66 bits per heavy atom. The topological polar surface area (TPSA) is 68.5 Å². The number of hydrogen-bond acceptors (Lipinski definition) is 5. The average molecular weight is 466 g/mol. The van der Waals surface area contributed by atoms with Crippen molar-refractivity contribution in [3.8, 4) is 0 Å². The highest BCUT2D eigenvalue weighted by molar-refractivity contribution is 7.98. The molecule has 1 aromatic heterocycles. The molecule has 0 unspecified atom stereocenters. The summed E-state index contributed by atoms with van der Waals surface area (Å²) in [5.41, 5.74) is 2.29. The van der Waals surface area contributed by atoms with E-state index < -0.39 is 5.97 Å². The van der Waals surface area contributed by atoms with Gasteiger partial charge in [0.2, 0.25) is 5.76 Å². The van der Waals surface area contributed by atoms with E-state index in [2.05, 4.69) is 5.32 Å². The third kappa shape index (κ3) is 5.52. The number of nitrogens with one attached hydrogen (secondary N) is 1. The van der Waals surface area contributed by atoms with Crippen LogP contribution in [0.1, 0.15) is 21.7 Å². The predicted octanol–water partition coefficient (Wildman–Crippen LogP) is 5.85. The normalized spacial score (nSPS) is 10.8. The van der Waals surface area contributed by atoms with Crippen molar-refractivity contribution in [3.05, 3.63) is 101 Å². The van der Waals surface area contributed by atoms with Gasteiger partial charge in [0, 0.05) is 33.2 Å². The summed E-state index contributed by atoms with van der Waals surface area (Å²) in [5.74, 6) is -0.426. The van der Waals surface area contributed by atoms with Crippen LogP contribution in [0.5, 0.6) is 0 Å². The van der Waals surface area contributed by atoms with E-state index in [0.717, 1.165) is 21.4 Å². The SMILES string of the molecule is O=C(COC(=O)c1oc2ccccc2c1CSc1ccc(Cl)cc1)NCc1ccccc1. The van der Waals surface area contributed by atoms with Crippen LogP contribution in [-0.4, -0.2) is 18.5 Å². The van der Waals surface area contributed by atoms with E-state index >= 15 is 0 Å². The number of amides is 1. The quantitative estimate of drug-likeness (QED) is 0.261. The zero-order valence-electron chi connectivity index (χ0n) is 17.0. The molecule has 0 spiro atoms. The van der Waals surface area contributed by atoms with Crippen LogP contribution < -0.4 is 5.32 Å². The molecule has 4 rings (SSSR count). The molecule has 0 fully saturated rings. The largest absolute Gasteiger partial charge is 0.450 e. The molecule has 0 radical (unpaired) electrons. The maximum Gasteiger partial charge on any atom is 0.375 e. The first kappa shape index (κ1) is 22.0. The molecular formula is C25H20ClNO4S. The Kier molecular flexibility index (Phi) is 7.14. The van der Waals surface area contributed by atoms with Crippen LogP contribution in [0.3, 0.4) is 0 Å². The number of rotatable bonds is 8. The van der Waals surface area contributed by atoms with Crippen LogP contribution in [0, 0.1) is 0 Å². The second-order valence-electron chi connectivity index (χ2n) is 6.99. The molecule has 1 heterocycles. The molecule has 0 saturated heterocycles. The lowest BCUT2D eigenvalue weighted by Gasteiger charge is -2.07. The third-order valence-electron chi connectivity index (χ3n) is 4.75. The lowest BCUT2D eigenvalue weighted by molar-refractivity contribution is -0.124. The number of fused-ring (bicyclic) bond motifs is 1. The van der Waals surface area contributed by atoms with Gasteiger partial charge in [0.15, 0.2) is 6.61 Å². The molecule has 0 atom stereocenters. The van der Waals surface area contributed by atoms with Crippen molar-refractivity contribution in [1.82, 2.24) is 5.32 Å². The van der Waals surface area contributed by atoms with E-state index in [0.29, 0.717) is 22.9 Å². The zero-order valence-corrected chi connectivity index (χ0v) is 18.6. The third-order valence-corrected chi connectivity index (χ3v) is 6.04. The van der Waals surface area contributed by atoms with Gasteiger partial charge in [-0.2, -0.15) is 0 Å². The van der Waals surface area contributed by atoms with Gasteiger partial charge in [-0.15, -0.1) is 11.8 Å². The Labute approximate surface area is 194 Å².